The maximum atomic E-state index is 14.4. The molecule has 2 heterocycles. The third kappa shape index (κ3) is 4.37. The van der Waals surface area contributed by atoms with Crippen molar-refractivity contribution in [3.63, 3.8) is 0 Å². The van der Waals surface area contributed by atoms with E-state index in [9.17, 15) is 18.1 Å². The molecule has 0 aliphatic carbocycles. The van der Waals surface area contributed by atoms with Gasteiger partial charge in [-0.3, -0.25) is 14.3 Å². The zero-order valence-electron chi connectivity index (χ0n) is 18.6. The Morgan fingerprint density at radius 1 is 1.12 bits per heavy atom. The molecule has 1 unspecified atom stereocenters. The summed E-state index contributed by atoms with van der Waals surface area (Å²) in [6.45, 7) is 3.30. The highest BCUT2D eigenvalue weighted by molar-refractivity contribution is 7.75. The lowest BCUT2D eigenvalue weighted by Crippen LogP contribution is -2.30. The number of nitrogens with zero attached hydrogens (tertiary/aromatic N) is 1. The van der Waals surface area contributed by atoms with Gasteiger partial charge in [-0.1, -0.05) is 28.8 Å². The number of hydrogen-bond acceptors (Lipinski definition) is 4. The maximum Gasteiger partial charge on any atom is 0.268 e. The first-order chi connectivity index (χ1) is 16.1. The Morgan fingerprint density at radius 2 is 1.76 bits per heavy atom. The third-order valence-electron chi connectivity index (χ3n) is 5.44. The van der Waals surface area contributed by atoms with Gasteiger partial charge in [-0.2, -0.15) is 0 Å². The van der Waals surface area contributed by atoms with E-state index in [1.54, 1.807) is 30.3 Å². The molecule has 2 aromatic heterocycles. The van der Waals surface area contributed by atoms with Crippen LogP contribution < -0.4 is 15.9 Å². The number of rotatable bonds is 6. The van der Waals surface area contributed by atoms with Gasteiger partial charge in [0.25, 0.3) is 13.3 Å². The van der Waals surface area contributed by atoms with Crippen molar-refractivity contribution in [2.24, 2.45) is 0 Å². The predicted molar refractivity (Wildman–Crippen MR) is 128 cm³/mol. The molecule has 34 heavy (non-hydrogen) atoms. The van der Waals surface area contributed by atoms with E-state index < -0.39 is 31.5 Å². The number of fused-ring (bicyclic) bond motifs is 1. The van der Waals surface area contributed by atoms with Gasteiger partial charge in [-0.15, -0.1) is 0 Å². The zero-order chi connectivity index (χ0) is 24.6. The van der Waals surface area contributed by atoms with Crippen LogP contribution in [0.4, 0.5) is 8.78 Å². The van der Waals surface area contributed by atoms with Crippen LogP contribution in [0.15, 0.2) is 48.8 Å². The van der Waals surface area contributed by atoms with Gasteiger partial charge in [0.05, 0.1) is 17.7 Å². The first kappa shape index (κ1) is 24.1. The van der Waals surface area contributed by atoms with E-state index in [-0.39, 0.29) is 16.6 Å². The number of pyridine rings is 1. The molecule has 4 aromatic rings. The van der Waals surface area contributed by atoms with Gasteiger partial charge in [-0.25, -0.2) is 8.78 Å². The van der Waals surface area contributed by atoms with Crippen molar-refractivity contribution >= 4 is 46.4 Å². The summed E-state index contributed by atoms with van der Waals surface area (Å²) in [4.78, 5) is 19.6. The fraction of sp³-hybridized carbons (Fsp3) is 0.167. The van der Waals surface area contributed by atoms with Crippen LogP contribution in [0, 0.1) is 25.5 Å². The van der Waals surface area contributed by atoms with Crippen LogP contribution in [0.1, 0.15) is 27.2 Å². The van der Waals surface area contributed by atoms with Crippen LogP contribution in [0.2, 0.25) is 5.02 Å². The lowest BCUT2D eigenvalue weighted by Gasteiger charge is -2.19. The summed E-state index contributed by atoms with van der Waals surface area (Å²) in [5.74, 6) is -2.48. The van der Waals surface area contributed by atoms with Crippen LogP contribution in [0.5, 0.6) is 0 Å². The number of aromatic nitrogens is 2. The van der Waals surface area contributed by atoms with Gasteiger partial charge >= 0.3 is 0 Å². The smallest absolute Gasteiger partial charge is 0.268 e. The molecule has 0 saturated heterocycles. The van der Waals surface area contributed by atoms with Crippen molar-refractivity contribution in [1.29, 1.82) is 0 Å². The Hall–Kier alpha value is -3.06. The van der Waals surface area contributed by atoms with E-state index >= 15 is 0 Å². The number of aromatic amines is 1. The number of aryl methyl sites for hydroxylation is 2. The molecule has 0 radical (unpaired) electrons. The SMILES string of the molecule is COP(=O)(c1cc(C)cc(C)c1)c1c(C(=O)NCc2c(F)cncc2F)[nH]c2ccc(Cl)cc12. The first-order valence-corrected chi connectivity index (χ1v) is 12.3. The number of carbonyl (C=O) groups excluding carboxylic acids is 1. The molecule has 1 amide bonds. The Bertz CT molecular complexity index is 1430. The van der Waals surface area contributed by atoms with Crippen LogP contribution in [0.3, 0.4) is 0 Å². The fourth-order valence-corrected chi connectivity index (χ4v) is 6.46. The molecule has 0 bridgehead atoms. The number of amides is 1. The Morgan fingerprint density at radius 3 is 2.38 bits per heavy atom. The molecule has 0 fully saturated rings. The highest BCUT2D eigenvalue weighted by Crippen LogP contribution is 2.47. The number of nitrogens with one attached hydrogen (secondary N) is 2. The summed E-state index contributed by atoms with van der Waals surface area (Å²) >= 11 is 6.21. The maximum absolute atomic E-state index is 14.4. The molecule has 2 N–H and O–H groups in total. The van der Waals surface area contributed by atoms with Crippen LogP contribution in [-0.4, -0.2) is 23.0 Å². The molecular weight excluding hydrogens is 483 g/mol. The van der Waals surface area contributed by atoms with Gasteiger partial charge in [0, 0.05) is 40.4 Å². The molecule has 10 heteroatoms. The number of carbonyl (C=O) groups is 1. The Balaban J connectivity index is 1.86. The molecule has 2 aromatic carbocycles. The van der Waals surface area contributed by atoms with E-state index in [0.717, 1.165) is 23.5 Å². The second-order valence-corrected chi connectivity index (χ2v) is 10.8. The molecule has 0 aliphatic heterocycles. The Labute approximate surface area is 199 Å². The monoisotopic (exact) mass is 503 g/mol. The van der Waals surface area contributed by atoms with Crippen molar-refractivity contribution in [2.45, 2.75) is 20.4 Å². The van der Waals surface area contributed by atoms with Gasteiger partial charge < -0.3 is 14.8 Å². The normalized spacial score (nSPS) is 13.1. The minimum Gasteiger partial charge on any atom is -0.350 e. The van der Waals surface area contributed by atoms with E-state index in [2.05, 4.69) is 15.3 Å². The van der Waals surface area contributed by atoms with Crippen molar-refractivity contribution in [1.82, 2.24) is 15.3 Å². The predicted octanol–water partition coefficient (Wildman–Crippen LogP) is 4.92. The minimum absolute atomic E-state index is 0.0449. The molecule has 0 spiro atoms. The summed E-state index contributed by atoms with van der Waals surface area (Å²) in [5, 5.41) is 3.86. The highest BCUT2D eigenvalue weighted by atomic mass is 35.5. The zero-order valence-corrected chi connectivity index (χ0v) is 20.2. The lowest BCUT2D eigenvalue weighted by atomic mass is 10.2. The third-order valence-corrected chi connectivity index (χ3v) is 8.18. The van der Waals surface area contributed by atoms with E-state index in [1.807, 2.05) is 19.9 Å². The fourth-order valence-electron chi connectivity index (χ4n) is 3.93. The van der Waals surface area contributed by atoms with E-state index in [1.165, 1.54) is 7.11 Å². The van der Waals surface area contributed by atoms with Gasteiger partial charge in [0.1, 0.15) is 17.3 Å². The quantitative estimate of drug-likeness (QED) is 0.366. The lowest BCUT2D eigenvalue weighted by molar-refractivity contribution is 0.0947. The largest absolute Gasteiger partial charge is 0.350 e. The van der Waals surface area contributed by atoms with E-state index in [0.29, 0.717) is 21.2 Å². The number of hydrogen-bond donors (Lipinski definition) is 2. The summed E-state index contributed by atoms with van der Waals surface area (Å²) in [6.07, 6.45) is 1.72. The summed E-state index contributed by atoms with van der Waals surface area (Å²) < 4.78 is 48.0. The van der Waals surface area contributed by atoms with Crippen LogP contribution in [0.25, 0.3) is 10.9 Å². The molecule has 0 aliphatic rings. The van der Waals surface area contributed by atoms with Gasteiger partial charge in [0.2, 0.25) is 0 Å². The molecule has 176 valence electrons. The Kier molecular flexibility index (Phi) is 6.58. The topological polar surface area (TPSA) is 84.1 Å². The van der Waals surface area contributed by atoms with Gasteiger partial charge in [-0.05, 0) is 44.2 Å². The van der Waals surface area contributed by atoms with Crippen LogP contribution >= 0.6 is 19.0 Å². The average molecular weight is 504 g/mol. The number of H-pyrrole nitrogens is 1. The molecule has 1 atom stereocenters. The van der Waals surface area contributed by atoms with Crippen LogP contribution in [-0.2, 0) is 15.6 Å². The van der Waals surface area contributed by atoms with E-state index in [4.69, 9.17) is 16.1 Å². The van der Waals surface area contributed by atoms with Crippen molar-refractivity contribution in [2.75, 3.05) is 7.11 Å². The van der Waals surface area contributed by atoms with Crippen molar-refractivity contribution in [3.8, 4) is 0 Å². The molecule has 0 saturated carbocycles. The second-order valence-electron chi connectivity index (χ2n) is 7.88. The molecule has 6 nitrogen and oxygen atoms in total. The second kappa shape index (κ2) is 9.29. The highest BCUT2D eigenvalue weighted by Gasteiger charge is 2.36. The number of halogens is 3. The average Bonchev–Trinajstić information content (AvgIpc) is 3.16. The van der Waals surface area contributed by atoms with Gasteiger partial charge in [0.15, 0.2) is 0 Å². The van der Waals surface area contributed by atoms with Crippen molar-refractivity contribution < 1.29 is 22.7 Å². The standard InChI is InChI=1S/C24H21ClF2N3O3P/c1-13-6-14(2)8-16(7-13)34(32,33-3)23-17-9-15(25)4-5-21(17)30-22(23)24(31)29-10-18-19(26)11-28-12-20(18)27/h4-9,11-12,30H,10H2,1-3H3,(H,29,31). The molecular formula is C24H21ClF2N3O3P. The summed E-state index contributed by atoms with van der Waals surface area (Å²) in [5.41, 5.74) is 1.87. The minimum atomic E-state index is -3.79. The summed E-state index contributed by atoms with van der Waals surface area (Å²) in [6, 6.07) is 10.3. The number of benzene rings is 2. The molecule has 4 rings (SSSR count). The summed E-state index contributed by atoms with van der Waals surface area (Å²) in [7, 11) is -2.48. The van der Waals surface area contributed by atoms with Crippen molar-refractivity contribution in [3.05, 3.63) is 87.8 Å². The first-order valence-electron chi connectivity index (χ1n) is 10.3.